The van der Waals surface area contributed by atoms with E-state index in [-0.39, 0.29) is 33.6 Å². The lowest BCUT2D eigenvalue weighted by molar-refractivity contribution is -0.0956. The molecule has 1 aromatic rings. The molecular weight excluding hydrogens is 404 g/mol. The van der Waals surface area contributed by atoms with Crippen molar-refractivity contribution >= 4 is 27.5 Å². The summed E-state index contributed by atoms with van der Waals surface area (Å²) in [5.41, 5.74) is 0.244. The van der Waals surface area contributed by atoms with Crippen molar-refractivity contribution in [2.24, 2.45) is 5.92 Å². The second-order valence-corrected chi connectivity index (χ2v) is 9.84. The minimum atomic E-state index is -3.59. The number of piperidine rings is 1. The SMILES string of the molecule is O=C(c1cc(S(=O)(=O)N2CCCC2)ccc1Cl)N1CCC(C2OCCO2)CC1. The van der Waals surface area contributed by atoms with Crippen LogP contribution in [0.3, 0.4) is 0 Å². The van der Waals surface area contributed by atoms with Crippen LogP contribution in [0.4, 0.5) is 0 Å². The Labute approximate surface area is 170 Å². The number of rotatable bonds is 4. The van der Waals surface area contributed by atoms with Gasteiger partial charge in [-0.25, -0.2) is 8.42 Å². The Morgan fingerprint density at radius 3 is 2.32 bits per heavy atom. The highest BCUT2D eigenvalue weighted by molar-refractivity contribution is 7.89. The number of likely N-dealkylation sites (tertiary alicyclic amines) is 1. The number of nitrogens with zero attached hydrogens (tertiary/aromatic N) is 2. The number of hydrogen-bond donors (Lipinski definition) is 0. The molecule has 1 aromatic carbocycles. The molecule has 3 heterocycles. The summed E-state index contributed by atoms with van der Waals surface area (Å²) in [5, 5.41) is 0.273. The topological polar surface area (TPSA) is 76.2 Å². The normalized spacial score (nSPS) is 22.8. The molecule has 1 amide bonds. The number of hydrogen-bond acceptors (Lipinski definition) is 5. The Balaban J connectivity index is 1.48. The molecule has 0 aliphatic carbocycles. The molecular formula is C19H25ClN2O5S. The molecule has 0 unspecified atom stereocenters. The molecule has 9 heteroatoms. The van der Waals surface area contributed by atoms with E-state index in [0.29, 0.717) is 39.4 Å². The van der Waals surface area contributed by atoms with Gasteiger partial charge >= 0.3 is 0 Å². The largest absolute Gasteiger partial charge is 0.350 e. The van der Waals surface area contributed by atoms with Crippen LogP contribution in [0.1, 0.15) is 36.0 Å². The van der Waals surface area contributed by atoms with Crippen molar-refractivity contribution in [2.45, 2.75) is 36.9 Å². The van der Waals surface area contributed by atoms with Gasteiger partial charge in [-0.3, -0.25) is 4.79 Å². The number of carbonyl (C=O) groups is 1. The lowest BCUT2D eigenvalue weighted by Gasteiger charge is -2.34. The average molecular weight is 429 g/mol. The zero-order valence-corrected chi connectivity index (χ0v) is 17.3. The summed E-state index contributed by atoms with van der Waals surface area (Å²) < 4.78 is 38.3. The molecule has 3 saturated heterocycles. The van der Waals surface area contributed by atoms with Crippen molar-refractivity contribution in [1.82, 2.24) is 9.21 Å². The zero-order chi connectivity index (χ0) is 19.7. The second-order valence-electron chi connectivity index (χ2n) is 7.49. The van der Waals surface area contributed by atoms with Crippen molar-refractivity contribution < 1.29 is 22.7 Å². The van der Waals surface area contributed by atoms with Crippen LogP contribution < -0.4 is 0 Å². The van der Waals surface area contributed by atoms with Crippen LogP contribution in [-0.2, 0) is 19.5 Å². The zero-order valence-electron chi connectivity index (χ0n) is 15.7. The van der Waals surface area contributed by atoms with Crippen LogP contribution in [0, 0.1) is 5.92 Å². The maximum Gasteiger partial charge on any atom is 0.255 e. The predicted octanol–water partition coefficient (Wildman–Crippen LogP) is 2.35. The molecule has 3 fully saturated rings. The number of sulfonamides is 1. The lowest BCUT2D eigenvalue weighted by Crippen LogP contribution is -2.41. The monoisotopic (exact) mass is 428 g/mol. The van der Waals surface area contributed by atoms with Gasteiger partial charge in [-0.2, -0.15) is 4.31 Å². The van der Waals surface area contributed by atoms with E-state index >= 15 is 0 Å². The summed E-state index contributed by atoms with van der Waals surface area (Å²) >= 11 is 6.26. The van der Waals surface area contributed by atoms with Gasteiger partial charge in [-0.05, 0) is 43.9 Å². The molecule has 4 rings (SSSR count). The van der Waals surface area contributed by atoms with Crippen LogP contribution in [0.5, 0.6) is 0 Å². The van der Waals surface area contributed by atoms with Crippen LogP contribution in [0.15, 0.2) is 23.1 Å². The minimum absolute atomic E-state index is 0.129. The van der Waals surface area contributed by atoms with Gasteiger partial charge in [0.05, 0.1) is 28.7 Å². The van der Waals surface area contributed by atoms with Gasteiger partial charge in [0, 0.05) is 32.1 Å². The number of benzene rings is 1. The summed E-state index contributed by atoms with van der Waals surface area (Å²) in [6.45, 7) is 3.44. The smallest absolute Gasteiger partial charge is 0.255 e. The van der Waals surface area contributed by atoms with Crippen molar-refractivity contribution in [3.05, 3.63) is 28.8 Å². The first kappa shape index (κ1) is 20.1. The molecule has 0 saturated carbocycles. The van der Waals surface area contributed by atoms with Gasteiger partial charge in [-0.1, -0.05) is 11.6 Å². The molecule has 3 aliphatic heterocycles. The number of amides is 1. The van der Waals surface area contributed by atoms with Crippen LogP contribution in [0.25, 0.3) is 0 Å². The maximum atomic E-state index is 13.0. The first-order chi connectivity index (χ1) is 13.5. The van der Waals surface area contributed by atoms with E-state index in [2.05, 4.69) is 0 Å². The van der Waals surface area contributed by atoms with Gasteiger partial charge in [0.2, 0.25) is 10.0 Å². The summed E-state index contributed by atoms with van der Waals surface area (Å²) in [6, 6.07) is 4.41. The Kier molecular flexibility index (Phi) is 5.94. The van der Waals surface area contributed by atoms with Crippen LogP contribution in [0.2, 0.25) is 5.02 Å². The maximum absolute atomic E-state index is 13.0. The summed E-state index contributed by atoms with van der Waals surface area (Å²) in [6.07, 6.45) is 3.14. The number of carbonyl (C=O) groups excluding carboxylic acids is 1. The summed E-state index contributed by atoms with van der Waals surface area (Å²) in [4.78, 5) is 14.9. The van der Waals surface area contributed by atoms with E-state index in [9.17, 15) is 13.2 Å². The predicted molar refractivity (Wildman–Crippen MR) is 104 cm³/mol. The summed E-state index contributed by atoms with van der Waals surface area (Å²) in [7, 11) is -3.59. The van der Waals surface area contributed by atoms with E-state index in [4.69, 9.17) is 21.1 Å². The van der Waals surface area contributed by atoms with Crippen molar-refractivity contribution in [3.8, 4) is 0 Å². The van der Waals surface area contributed by atoms with Crippen LogP contribution >= 0.6 is 11.6 Å². The molecule has 0 spiro atoms. The molecule has 154 valence electrons. The molecule has 28 heavy (non-hydrogen) atoms. The number of halogens is 1. The van der Waals surface area contributed by atoms with Gasteiger partial charge in [0.25, 0.3) is 5.91 Å². The molecule has 0 atom stereocenters. The third-order valence-electron chi connectivity index (χ3n) is 5.73. The first-order valence-electron chi connectivity index (χ1n) is 9.79. The fraction of sp³-hybridized carbons (Fsp3) is 0.632. The van der Waals surface area contributed by atoms with E-state index in [1.54, 1.807) is 4.90 Å². The molecule has 3 aliphatic rings. The fourth-order valence-corrected chi connectivity index (χ4v) is 5.84. The van der Waals surface area contributed by atoms with Gasteiger partial charge in [0.1, 0.15) is 0 Å². The van der Waals surface area contributed by atoms with Crippen molar-refractivity contribution in [1.29, 1.82) is 0 Å². The Hall–Kier alpha value is -1.19. The van der Waals surface area contributed by atoms with Gasteiger partial charge < -0.3 is 14.4 Å². The average Bonchev–Trinajstić information content (AvgIpc) is 3.42. The Morgan fingerprint density at radius 2 is 1.68 bits per heavy atom. The quantitative estimate of drug-likeness (QED) is 0.735. The fourth-order valence-electron chi connectivity index (χ4n) is 4.10. The minimum Gasteiger partial charge on any atom is -0.350 e. The van der Waals surface area contributed by atoms with E-state index in [1.165, 1.54) is 22.5 Å². The number of ether oxygens (including phenoxy) is 2. The molecule has 0 aromatic heterocycles. The van der Waals surface area contributed by atoms with Gasteiger partial charge in [-0.15, -0.1) is 0 Å². The first-order valence-corrected chi connectivity index (χ1v) is 11.6. The Bertz CT molecular complexity index is 827. The third kappa shape index (κ3) is 3.93. The Morgan fingerprint density at radius 1 is 1.04 bits per heavy atom. The second kappa shape index (κ2) is 8.28. The molecule has 0 radical (unpaired) electrons. The van der Waals surface area contributed by atoms with Crippen molar-refractivity contribution in [2.75, 3.05) is 39.4 Å². The van der Waals surface area contributed by atoms with Crippen molar-refractivity contribution in [3.63, 3.8) is 0 Å². The molecule has 7 nitrogen and oxygen atoms in total. The highest BCUT2D eigenvalue weighted by Crippen LogP contribution is 2.29. The summed E-state index contributed by atoms with van der Waals surface area (Å²) in [5.74, 6) is 0.0547. The lowest BCUT2D eigenvalue weighted by atomic mass is 9.95. The van der Waals surface area contributed by atoms with E-state index in [0.717, 1.165) is 25.7 Å². The third-order valence-corrected chi connectivity index (χ3v) is 7.95. The standard InChI is InChI=1S/C19H25ClN2O5S/c20-17-4-3-15(28(24,25)22-7-1-2-8-22)13-16(17)18(23)21-9-5-14(6-10-21)19-26-11-12-27-19/h3-4,13-14,19H,1-2,5-12H2. The molecule has 0 bridgehead atoms. The highest BCUT2D eigenvalue weighted by Gasteiger charge is 2.33. The van der Waals surface area contributed by atoms with E-state index < -0.39 is 10.0 Å². The van der Waals surface area contributed by atoms with Crippen LogP contribution in [-0.4, -0.2) is 69.2 Å². The van der Waals surface area contributed by atoms with Gasteiger partial charge in [0.15, 0.2) is 6.29 Å². The molecule has 0 N–H and O–H groups in total. The highest BCUT2D eigenvalue weighted by atomic mass is 35.5. The van der Waals surface area contributed by atoms with E-state index in [1.807, 2.05) is 0 Å².